The maximum atomic E-state index is 13.0. The Morgan fingerprint density at radius 1 is 1.03 bits per heavy atom. The van der Waals surface area contributed by atoms with Gasteiger partial charge in [-0.25, -0.2) is 14.4 Å². The van der Waals surface area contributed by atoms with Gasteiger partial charge in [0.15, 0.2) is 5.78 Å². The molecular formula is C21H19FN4O3. The van der Waals surface area contributed by atoms with Crippen LogP contribution in [0.5, 0.6) is 11.5 Å². The molecule has 1 atom stereocenters. The monoisotopic (exact) mass is 394 g/mol. The van der Waals surface area contributed by atoms with Crippen molar-refractivity contribution in [2.24, 2.45) is 5.73 Å². The molecule has 0 aliphatic rings. The zero-order chi connectivity index (χ0) is 21.0. The third-order valence-corrected chi connectivity index (χ3v) is 4.06. The minimum atomic E-state index is -0.698. The lowest BCUT2D eigenvalue weighted by atomic mass is 10.1. The van der Waals surface area contributed by atoms with Crippen molar-refractivity contribution in [2.45, 2.75) is 19.9 Å². The van der Waals surface area contributed by atoms with E-state index in [9.17, 15) is 14.0 Å². The molecule has 0 radical (unpaired) electrons. The summed E-state index contributed by atoms with van der Waals surface area (Å²) in [5.74, 6) is 0.0534. The number of anilines is 1. The Bertz CT molecular complexity index is 1040. The Morgan fingerprint density at radius 3 is 2.17 bits per heavy atom. The van der Waals surface area contributed by atoms with Crippen LogP contribution < -0.4 is 15.8 Å². The highest BCUT2D eigenvalue weighted by Crippen LogP contribution is 2.26. The highest BCUT2D eigenvalue weighted by atomic mass is 19.1. The lowest BCUT2D eigenvalue weighted by Crippen LogP contribution is -2.33. The number of nitrogens with zero attached hydrogens (tertiary/aromatic N) is 2. The van der Waals surface area contributed by atoms with E-state index in [0.717, 1.165) is 5.56 Å². The molecule has 0 saturated heterocycles. The van der Waals surface area contributed by atoms with Crippen molar-refractivity contribution in [3.05, 3.63) is 66.1 Å². The second-order valence-electron chi connectivity index (χ2n) is 6.37. The van der Waals surface area contributed by atoms with Crippen molar-refractivity contribution < 1.29 is 18.7 Å². The van der Waals surface area contributed by atoms with Gasteiger partial charge >= 0.3 is 0 Å². The summed E-state index contributed by atoms with van der Waals surface area (Å²) in [6.45, 7) is 2.97. The first kappa shape index (κ1) is 19.9. The first-order valence-corrected chi connectivity index (χ1v) is 8.81. The molecule has 1 aromatic heterocycles. The number of hydrogen-bond donors (Lipinski definition) is 2. The quantitative estimate of drug-likeness (QED) is 0.593. The molecule has 0 spiro atoms. The summed E-state index contributed by atoms with van der Waals surface area (Å²) in [5, 5.41) is 2.79. The zero-order valence-corrected chi connectivity index (χ0v) is 15.8. The third-order valence-electron chi connectivity index (χ3n) is 4.06. The average molecular weight is 394 g/mol. The third kappa shape index (κ3) is 5.13. The molecule has 1 amide bonds. The molecule has 7 nitrogen and oxygen atoms in total. The van der Waals surface area contributed by atoms with Crippen LogP contribution in [0.2, 0.25) is 0 Å². The van der Waals surface area contributed by atoms with Gasteiger partial charge in [0, 0.05) is 12.5 Å². The number of ketones is 1. The predicted molar refractivity (Wildman–Crippen MR) is 106 cm³/mol. The fraction of sp³-hybridized carbons (Fsp3) is 0.143. The van der Waals surface area contributed by atoms with Crippen molar-refractivity contribution in [3.8, 4) is 22.8 Å². The second kappa shape index (κ2) is 8.47. The summed E-state index contributed by atoms with van der Waals surface area (Å²) < 4.78 is 18.7. The van der Waals surface area contributed by atoms with E-state index < -0.39 is 11.9 Å². The Labute approximate surface area is 166 Å². The lowest BCUT2D eigenvalue weighted by molar-refractivity contribution is -0.118. The molecule has 3 aromatic rings. The van der Waals surface area contributed by atoms with Crippen molar-refractivity contribution >= 4 is 17.6 Å². The predicted octanol–water partition coefficient (Wildman–Crippen LogP) is 3.56. The lowest BCUT2D eigenvalue weighted by Gasteiger charge is -2.12. The molecule has 1 heterocycles. The molecule has 3 N–H and O–H groups in total. The largest absolute Gasteiger partial charge is 0.457 e. The van der Waals surface area contributed by atoms with Crippen molar-refractivity contribution in [1.29, 1.82) is 0 Å². The smallest absolute Gasteiger partial charge is 0.239 e. The Morgan fingerprint density at radius 2 is 1.62 bits per heavy atom. The van der Waals surface area contributed by atoms with Crippen LogP contribution in [0.15, 0.2) is 54.6 Å². The van der Waals surface area contributed by atoms with E-state index in [1.165, 1.54) is 31.2 Å². The summed E-state index contributed by atoms with van der Waals surface area (Å²) in [4.78, 5) is 31.6. The number of nitrogens with one attached hydrogen (secondary N) is 1. The van der Waals surface area contributed by atoms with Crippen LogP contribution in [0.3, 0.4) is 0 Å². The van der Waals surface area contributed by atoms with Crippen LogP contribution in [-0.2, 0) is 4.79 Å². The molecule has 0 unspecified atom stereocenters. The molecule has 0 aliphatic carbocycles. The Kier molecular flexibility index (Phi) is 5.82. The number of amides is 1. The van der Waals surface area contributed by atoms with Gasteiger partial charge in [-0.15, -0.1) is 0 Å². The number of ether oxygens (including phenoxy) is 1. The van der Waals surface area contributed by atoms with Crippen LogP contribution in [0, 0.1) is 5.82 Å². The van der Waals surface area contributed by atoms with Gasteiger partial charge in [-0.05, 0) is 61.5 Å². The highest BCUT2D eigenvalue weighted by molar-refractivity contribution is 5.93. The fourth-order valence-electron chi connectivity index (χ4n) is 2.44. The SMILES string of the molecule is CC(=O)c1cc(-c2ccc(Oc3ccc(F)cc3)cc2)nc(N[C@@H](C)C(N)=O)n1. The molecule has 8 heteroatoms. The van der Waals surface area contributed by atoms with Gasteiger partial charge in [-0.1, -0.05) is 0 Å². The summed E-state index contributed by atoms with van der Waals surface area (Å²) in [6.07, 6.45) is 0. The highest BCUT2D eigenvalue weighted by Gasteiger charge is 2.14. The van der Waals surface area contributed by atoms with Gasteiger partial charge in [0.05, 0.1) is 5.69 Å². The van der Waals surface area contributed by atoms with Gasteiger partial charge in [-0.2, -0.15) is 0 Å². The number of carbonyl (C=O) groups is 2. The summed E-state index contributed by atoms with van der Waals surface area (Å²) in [7, 11) is 0. The maximum Gasteiger partial charge on any atom is 0.239 e. The van der Waals surface area contributed by atoms with Crippen molar-refractivity contribution in [3.63, 3.8) is 0 Å². The van der Waals surface area contributed by atoms with E-state index in [0.29, 0.717) is 17.2 Å². The van der Waals surface area contributed by atoms with E-state index in [4.69, 9.17) is 10.5 Å². The molecule has 0 fully saturated rings. The van der Waals surface area contributed by atoms with Crippen LogP contribution in [0.4, 0.5) is 10.3 Å². The van der Waals surface area contributed by atoms with E-state index in [2.05, 4.69) is 15.3 Å². The minimum Gasteiger partial charge on any atom is -0.457 e. The van der Waals surface area contributed by atoms with Crippen LogP contribution >= 0.6 is 0 Å². The fourth-order valence-corrected chi connectivity index (χ4v) is 2.44. The topological polar surface area (TPSA) is 107 Å². The van der Waals surface area contributed by atoms with Gasteiger partial charge in [-0.3, -0.25) is 9.59 Å². The number of benzene rings is 2. The van der Waals surface area contributed by atoms with E-state index in [1.807, 2.05) is 0 Å². The number of nitrogens with two attached hydrogens (primary N) is 1. The van der Waals surface area contributed by atoms with E-state index >= 15 is 0 Å². The number of halogens is 1. The van der Waals surface area contributed by atoms with E-state index in [-0.39, 0.29) is 23.2 Å². The van der Waals surface area contributed by atoms with Crippen LogP contribution in [-0.4, -0.2) is 27.7 Å². The van der Waals surface area contributed by atoms with Crippen LogP contribution in [0.1, 0.15) is 24.3 Å². The Hall–Kier alpha value is -3.81. The first-order valence-electron chi connectivity index (χ1n) is 8.81. The van der Waals surface area contributed by atoms with Gasteiger partial charge < -0.3 is 15.8 Å². The normalized spacial score (nSPS) is 11.6. The molecule has 2 aromatic carbocycles. The summed E-state index contributed by atoms with van der Waals surface area (Å²) in [5.41, 5.74) is 6.69. The number of aromatic nitrogens is 2. The molecule has 0 bridgehead atoms. The number of primary amides is 1. The number of carbonyl (C=O) groups excluding carboxylic acids is 2. The molecule has 29 heavy (non-hydrogen) atoms. The maximum absolute atomic E-state index is 13.0. The summed E-state index contributed by atoms with van der Waals surface area (Å²) in [6, 6.07) is 13.6. The molecule has 148 valence electrons. The molecule has 3 rings (SSSR count). The van der Waals surface area contributed by atoms with Gasteiger partial charge in [0.2, 0.25) is 11.9 Å². The van der Waals surface area contributed by atoms with E-state index in [1.54, 1.807) is 37.3 Å². The van der Waals surface area contributed by atoms with Gasteiger partial charge in [0.1, 0.15) is 29.1 Å². The zero-order valence-electron chi connectivity index (χ0n) is 15.8. The minimum absolute atomic E-state index is 0.130. The van der Waals surface area contributed by atoms with Crippen molar-refractivity contribution in [1.82, 2.24) is 9.97 Å². The number of Topliss-reactive ketones (excluding diaryl/α,β-unsaturated/α-hetero) is 1. The van der Waals surface area contributed by atoms with Gasteiger partial charge in [0.25, 0.3) is 0 Å². The average Bonchev–Trinajstić information content (AvgIpc) is 2.70. The molecule has 0 aliphatic heterocycles. The summed E-state index contributed by atoms with van der Waals surface area (Å²) >= 11 is 0. The molecule has 0 saturated carbocycles. The van der Waals surface area contributed by atoms with Crippen LogP contribution in [0.25, 0.3) is 11.3 Å². The number of rotatable bonds is 7. The van der Waals surface area contributed by atoms with Crippen molar-refractivity contribution in [2.75, 3.05) is 5.32 Å². The molecular weight excluding hydrogens is 375 g/mol. The Balaban J connectivity index is 1.86. The number of hydrogen-bond acceptors (Lipinski definition) is 6. The second-order valence-corrected chi connectivity index (χ2v) is 6.37. The standard InChI is InChI=1S/C21H19FN4O3/c1-12(20(23)28)24-21-25-18(13(2)27)11-19(26-21)14-3-7-16(8-4-14)29-17-9-5-15(22)6-10-17/h3-12H,1-2H3,(H2,23,28)(H,24,25,26)/t12-/m0/s1. The first-order chi connectivity index (χ1) is 13.8.